The SMILES string of the molecule is CNCC(c1ccccc1Cl)C1CCN(C)CC1. The van der Waals surface area contributed by atoms with Crippen LogP contribution in [0.15, 0.2) is 24.3 Å². The van der Waals surface area contributed by atoms with Gasteiger partial charge in [-0.05, 0) is 57.6 Å². The minimum Gasteiger partial charge on any atom is -0.319 e. The van der Waals surface area contributed by atoms with Gasteiger partial charge in [-0.2, -0.15) is 0 Å². The first-order chi connectivity index (χ1) is 8.72. The summed E-state index contributed by atoms with van der Waals surface area (Å²) in [5, 5.41) is 4.24. The zero-order chi connectivity index (χ0) is 13.0. The Morgan fingerprint density at radius 3 is 2.61 bits per heavy atom. The van der Waals surface area contributed by atoms with Crippen molar-refractivity contribution in [2.45, 2.75) is 18.8 Å². The third-order valence-electron chi connectivity index (χ3n) is 4.06. The summed E-state index contributed by atoms with van der Waals surface area (Å²) in [6, 6.07) is 8.30. The molecule has 1 aromatic rings. The van der Waals surface area contributed by atoms with E-state index in [0.717, 1.165) is 17.5 Å². The Balaban J connectivity index is 2.15. The van der Waals surface area contributed by atoms with Crippen LogP contribution >= 0.6 is 11.6 Å². The van der Waals surface area contributed by atoms with E-state index in [2.05, 4.69) is 29.4 Å². The highest BCUT2D eigenvalue weighted by molar-refractivity contribution is 6.31. The Bertz CT molecular complexity index is 373. The van der Waals surface area contributed by atoms with Crippen LogP contribution in [0.3, 0.4) is 0 Å². The Hall–Kier alpha value is -0.570. The molecule has 0 aromatic heterocycles. The number of nitrogens with zero attached hydrogens (tertiary/aromatic N) is 1. The molecule has 1 aliphatic heterocycles. The standard InChI is InChI=1S/C15H23ClN2/c1-17-11-14(12-7-9-18(2)10-8-12)13-5-3-4-6-15(13)16/h3-6,12,14,17H,7-11H2,1-2H3. The van der Waals surface area contributed by atoms with E-state index < -0.39 is 0 Å². The molecule has 100 valence electrons. The van der Waals surface area contributed by atoms with Crippen molar-refractivity contribution in [2.24, 2.45) is 5.92 Å². The van der Waals surface area contributed by atoms with Gasteiger partial charge in [0, 0.05) is 17.5 Å². The highest BCUT2D eigenvalue weighted by atomic mass is 35.5. The van der Waals surface area contributed by atoms with Crippen LogP contribution in [0.1, 0.15) is 24.3 Å². The average molecular weight is 267 g/mol. The first-order valence-corrected chi connectivity index (χ1v) is 7.17. The van der Waals surface area contributed by atoms with Gasteiger partial charge >= 0.3 is 0 Å². The lowest BCUT2D eigenvalue weighted by molar-refractivity contribution is 0.197. The molecule has 0 radical (unpaired) electrons. The van der Waals surface area contributed by atoms with E-state index in [4.69, 9.17) is 11.6 Å². The van der Waals surface area contributed by atoms with E-state index in [1.54, 1.807) is 0 Å². The third kappa shape index (κ3) is 3.25. The van der Waals surface area contributed by atoms with Crippen LogP contribution < -0.4 is 5.32 Å². The molecule has 1 heterocycles. The van der Waals surface area contributed by atoms with E-state index in [9.17, 15) is 0 Å². The summed E-state index contributed by atoms with van der Waals surface area (Å²) in [6.45, 7) is 3.42. The van der Waals surface area contributed by atoms with Crippen LogP contribution in [0, 0.1) is 5.92 Å². The second-order valence-corrected chi connectivity index (χ2v) is 5.73. The fraction of sp³-hybridized carbons (Fsp3) is 0.600. The Morgan fingerprint density at radius 1 is 1.33 bits per heavy atom. The Labute approximate surface area is 115 Å². The number of halogens is 1. The van der Waals surface area contributed by atoms with Crippen molar-refractivity contribution in [2.75, 3.05) is 33.7 Å². The fourth-order valence-corrected chi connectivity index (χ4v) is 3.23. The van der Waals surface area contributed by atoms with Gasteiger partial charge in [0.05, 0.1) is 0 Å². The minimum atomic E-state index is 0.539. The zero-order valence-corrected chi connectivity index (χ0v) is 12.1. The quantitative estimate of drug-likeness (QED) is 0.901. The molecule has 0 aliphatic carbocycles. The first kappa shape index (κ1) is 13.9. The van der Waals surface area contributed by atoms with Crippen molar-refractivity contribution < 1.29 is 0 Å². The molecule has 2 nitrogen and oxygen atoms in total. The van der Waals surface area contributed by atoms with E-state index in [0.29, 0.717) is 5.92 Å². The van der Waals surface area contributed by atoms with Crippen LogP contribution in [0.5, 0.6) is 0 Å². The second kappa shape index (κ2) is 6.55. The molecular formula is C15H23ClN2. The summed E-state index contributed by atoms with van der Waals surface area (Å²) in [5.74, 6) is 1.28. The number of likely N-dealkylation sites (N-methyl/N-ethyl adjacent to an activating group) is 1. The Kier molecular flexibility index (Phi) is 5.04. The van der Waals surface area contributed by atoms with Crippen molar-refractivity contribution in [3.05, 3.63) is 34.9 Å². The summed E-state index contributed by atoms with van der Waals surface area (Å²) in [5.41, 5.74) is 1.31. The summed E-state index contributed by atoms with van der Waals surface area (Å²) < 4.78 is 0. The molecule has 0 spiro atoms. The van der Waals surface area contributed by atoms with Gasteiger partial charge in [-0.3, -0.25) is 0 Å². The van der Waals surface area contributed by atoms with Gasteiger partial charge in [-0.25, -0.2) is 0 Å². The number of hydrogen-bond donors (Lipinski definition) is 1. The highest BCUT2D eigenvalue weighted by Gasteiger charge is 2.27. The van der Waals surface area contributed by atoms with Gasteiger partial charge in [-0.1, -0.05) is 29.8 Å². The van der Waals surface area contributed by atoms with E-state index >= 15 is 0 Å². The molecule has 3 heteroatoms. The number of benzene rings is 1. The molecule has 1 aromatic carbocycles. The molecule has 0 saturated carbocycles. The van der Waals surface area contributed by atoms with Crippen molar-refractivity contribution >= 4 is 11.6 Å². The normalized spacial score (nSPS) is 19.9. The fourth-order valence-electron chi connectivity index (χ4n) is 2.96. The van der Waals surface area contributed by atoms with E-state index in [1.165, 1.54) is 31.5 Å². The molecule has 1 atom stereocenters. The summed E-state index contributed by atoms with van der Waals surface area (Å²) >= 11 is 6.36. The van der Waals surface area contributed by atoms with Crippen molar-refractivity contribution in [3.63, 3.8) is 0 Å². The smallest absolute Gasteiger partial charge is 0.0441 e. The molecule has 1 unspecified atom stereocenters. The summed E-state index contributed by atoms with van der Waals surface area (Å²) in [4.78, 5) is 2.42. The van der Waals surface area contributed by atoms with Crippen molar-refractivity contribution in [3.8, 4) is 0 Å². The van der Waals surface area contributed by atoms with Crippen LogP contribution in [-0.2, 0) is 0 Å². The minimum absolute atomic E-state index is 0.539. The van der Waals surface area contributed by atoms with Crippen LogP contribution in [0.2, 0.25) is 5.02 Å². The average Bonchev–Trinajstić information content (AvgIpc) is 2.38. The maximum Gasteiger partial charge on any atom is 0.0441 e. The number of hydrogen-bond acceptors (Lipinski definition) is 2. The van der Waals surface area contributed by atoms with Crippen molar-refractivity contribution in [1.29, 1.82) is 0 Å². The van der Waals surface area contributed by atoms with Gasteiger partial charge in [0.15, 0.2) is 0 Å². The third-order valence-corrected chi connectivity index (χ3v) is 4.41. The second-order valence-electron chi connectivity index (χ2n) is 5.33. The van der Waals surface area contributed by atoms with Gasteiger partial charge in [0.1, 0.15) is 0 Å². The molecule has 1 aliphatic rings. The molecular weight excluding hydrogens is 244 g/mol. The first-order valence-electron chi connectivity index (χ1n) is 6.80. The molecule has 1 saturated heterocycles. The molecule has 18 heavy (non-hydrogen) atoms. The Morgan fingerprint density at radius 2 is 2.00 bits per heavy atom. The lowest BCUT2D eigenvalue weighted by Gasteiger charge is -2.35. The lowest BCUT2D eigenvalue weighted by atomic mass is 9.80. The predicted octanol–water partition coefficient (Wildman–Crippen LogP) is 2.98. The van der Waals surface area contributed by atoms with Crippen LogP contribution in [0.4, 0.5) is 0 Å². The molecule has 0 bridgehead atoms. The molecule has 0 amide bonds. The molecule has 1 N–H and O–H groups in total. The molecule has 2 rings (SSSR count). The van der Waals surface area contributed by atoms with Gasteiger partial charge in [0.2, 0.25) is 0 Å². The van der Waals surface area contributed by atoms with Gasteiger partial charge in [0.25, 0.3) is 0 Å². The monoisotopic (exact) mass is 266 g/mol. The summed E-state index contributed by atoms with van der Waals surface area (Å²) in [6.07, 6.45) is 2.54. The highest BCUT2D eigenvalue weighted by Crippen LogP contribution is 2.35. The molecule has 1 fully saturated rings. The maximum absolute atomic E-state index is 6.36. The van der Waals surface area contributed by atoms with E-state index in [1.807, 2.05) is 19.2 Å². The largest absolute Gasteiger partial charge is 0.319 e. The summed E-state index contributed by atoms with van der Waals surface area (Å²) in [7, 11) is 4.23. The van der Waals surface area contributed by atoms with Gasteiger partial charge < -0.3 is 10.2 Å². The number of nitrogens with one attached hydrogen (secondary N) is 1. The van der Waals surface area contributed by atoms with Gasteiger partial charge in [-0.15, -0.1) is 0 Å². The zero-order valence-electron chi connectivity index (χ0n) is 11.3. The van der Waals surface area contributed by atoms with E-state index in [-0.39, 0.29) is 0 Å². The van der Waals surface area contributed by atoms with Crippen LogP contribution in [0.25, 0.3) is 0 Å². The maximum atomic E-state index is 6.36. The number of likely N-dealkylation sites (tertiary alicyclic amines) is 1. The van der Waals surface area contributed by atoms with Crippen LogP contribution in [-0.4, -0.2) is 38.6 Å². The topological polar surface area (TPSA) is 15.3 Å². The lowest BCUT2D eigenvalue weighted by Crippen LogP contribution is -2.35. The van der Waals surface area contributed by atoms with Crippen molar-refractivity contribution in [1.82, 2.24) is 10.2 Å². The predicted molar refractivity (Wildman–Crippen MR) is 78.3 cm³/mol. The number of rotatable bonds is 4. The number of piperidine rings is 1.